The van der Waals surface area contributed by atoms with Gasteiger partial charge in [-0.3, -0.25) is 0 Å². The van der Waals surface area contributed by atoms with Crippen LogP contribution >= 0.6 is 0 Å². The van der Waals surface area contributed by atoms with Gasteiger partial charge in [0.05, 0.1) is 0 Å². The van der Waals surface area contributed by atoms with E-state index in [2.05, 4.69) is 34.6 Å². The van der Waals surface area contributed by atoms with E-state index in [1.807, 2.05) is 0 Å². The Morgan fingerprint density at radius 3 is 2.00 bits per heavy atom. The van der Waals surface area contributed by atoms with E-state index in [9.17, 15) is 0 Å². The van der Waals surface area contributed by atoms with Gasteiger partial charge in [0, 0.05) is 0 Å². The molecule has 0 saturated heterocycles. The molecule has 4 unspecified atom stereocenters. The summed E-state index contributed by atoms with van der Waals surface area (Å²) in [5.41, 5.74) is 1.44. The van der Waals surface area contributed by atoms with Crippen molar-refractivity contribution in [2.45, 2.75) is 41.0 Å². The summed E-state index contributed by atoms with van der Waals surface area (Å²) in [6.45, 7) is 12.2. The first-order chi connectivity index (χ1) is 4.94. The minimum absolute atomic E-state index is 0.675. The van der Waals surface area contributed by atoms with E-state index >= 15 is 0 Å². The van der Waals surface area contributed by atoms with Crippen LogP contribution in [0.5, 0.6) is 0 Å². The summed E-state index contributed by atoms with van der Waals surface area (Å²) < 4.78 is 0. The van der Waals surface area contributed by atoms with Crippen molar-refractivity contribution >= 4 is 0 Å². The summed E-state index contributed by atoms with van der Waals surface area (Å²) in [6.07, 6.45) is 1.50. The molecule has 0 aliphatic heterocycles. The molecular formula is C11H20. The van der Waals surface area contributed by atoms with E-state index in [4.69, 9.17) is 0 Å². The molecule has 0 N–H and O–H groups in total. The van der Waals surface area contributed by atoms with Gasteiger partial charge in [0.1, 0.15) is 0 Å². The van der Waals surface area contributed by atoms with Gasteiger partial charge in [-0.2, -0.15) is 0 Å². The highest BCUT2D eigenvalue weighted by Crippen LogP contribution is 2.81. The highest BCUT2D eigenvalue weighted by molar-refractivity contribution is 5.23. The molecule has 4 atom stereocenters. The summed E-state index contributed by atoms with van der Waals surface area (Å²) in [5, 5.41) is 0. The highest BCUT2D eigenvalue weighted by atomic mass is 14.8. The Balaban J connectivity index is 2.21. The minimum atomic E-state index is 0.675. The third-order valence-corrected chi connectivity index (χ3v) is 5.20. The molecule has 2 saturated carbocycles. The number of rotatable bonds is 1. The Labute approximate surface area is 70.4 Å². The van der Waals surface area contributed by atoms with Crippen LogP contribution < -0.4 is 0 Å². The third-order valence-electron chi connectivity index (χ3n) is 5.20. The van der Waals surface area contributed by atoms with Crippen LogP contribution in [0.3, 0.4) is 0 Å². The standard InChI is InChI=1S/C11H20/c1-7(2)11(5)8(3)10(4)6-9(10)11/h7-9H,6H2,1-5H3. The highest BCUT2D eigenvalue weighted by Gasteiger charge is 2.75. The lowest BCUT2D eigenvalue weighted by Gasteiger charge is -2.53. The van der Waals surface area contributed by atoms with Gasteiger partial charge in [-0.15, -0.1) is 0 Å². The van der Waals surface area contributed by atoms with E-state index < -0.39 is 0 Å². The Hall–Kier alpha value is 0. The van der Waals surface area contributed by atoms with Crippen molar-refractivity contribution in [2.24, 2.45) is 28.6 Å². The van der Waals surface area contributed by atoms with Gasteiger partial charge in [-0.1, -0.05) is 34.6 Å². The third kappa shape index (κ3) is 0.588. The molecule has 0 amide bonds. The van der Waals surface area contributed by atoms with Crippen LogP contribution in [0, 0.1) is 28.6 Å². The molecular weight excluding hydrogens is 132 g/mol. The second kappa shape index (κ2) is 1.67. The summed E-state index contributed by atoms with van der Waals surface area (Å²) in [4.78, 5) is 0. The summed E-state index contributed by atoms with van der Waals surface area (Å²) in [7, 11) is 0. The largest absolute Gasteiger partial charge is 0.0622 e. The molecule has 0 heteroatoms. The van der Waals surface area contributed by atoms with Gasteiger partial charge < -0.3 is 0 Å². The monoisotopic (exact) mass is 152 g/mol. The van der Waals surface area contributed by atoms with Crippen LogP contribution in [0.1, 0.15) is 41.0 Å². The molecule has 0 nitrogen and oxygen atoms in total. The SMILES string of the molecule is CC(C)C1(C)C(C)C2(C)CC21. The average molecular weight is 152 g/mol. The molecule has 2 aliphatic carbocycles. The second-order valence-corrected chi connectivity index (χ2v) is 5.50. The Kier molecular flexibility index (Phi) is 1.16. The van der Waals surface area contributed by atoms with Crippen LogP contribution in [-0.4, -0.2) is 0 Å². The van der Waals surface area contributed by atoms with Crippen molar-refractivity contribution in [3.05, 3.63) is 0 Å². The second-order valence-electron chi connectivity index (χ2n) is 5.50. The minimum Gasteiger partial charge on any atom is -0.0622 e. The first-order valence-corrected chi connectivity index (χ1v) is 4.94. The lowest BCUT2D eigenvalue weighted by atomic mass is 9.51. The van der Waals surface area contributed by atoms with E-state index in [1.54, 1.807) is 0 Å². The van der Waals surface area contributed by atoms with Crippen molar-refractivity contribution in [3.63, 3.8) is 0 Å². The Bertz CT molecular complexity index is 194. The molecule has 64 valence electrons. The lowest BCUT2D eigenvalue weighted by molar-refractivity contribution is -0.0541. The Morgan fingerprint density at radius 2 is 1.82 bits per heavy atom. The van der Waals surface area contributed by atoms with Crippen LogP contribution in [0.15, 0.2) is 0 Å². The van der Waals surface area contributed by atoms with Gasteiger partial charge >= 0.3 is 0 Å². The molecule has 0 heterocycles. The van der Waals surface area contributed by atoms with Gasteiger partial charge in [-0.05, 0) is 35.0 Å². The molecule has 0 aromatic carbocycles. The first kappa shape index (κ1) is 7.64. The van der Waals surface area contributed by atoms with Crippen molar-refractivity contribution in [3.8, 4) is 0 Å². The maximum atomic E-state index is 2.49. The topological polar surface area (TPSA) is 0 Å². The fourth-order valence-corrected chi connectivity index (χ4v) is 3.61. The van der Waals surface area contributed by atoms with Crippen LogP contribution in [0.2, 0.25) is 0 Å². The van der Waals surface area contributed by atoms with Crippen molar-refractivity contribution in [1.29, 1.82) is 0 Å². The zero-order chi connectivity index (χ0) is 8.44. The summed E-state index contributed by atoms with van der Waals surface area (Å²) >= 11 is 0. The van der Waals surface area contributed by atoms with Gasteiger partial charge in [0.2, 0.25) is 0 Å². The van der Waals surface area contributed by atoms with Crippen molar-refractivity contribution < 1.29 is 0 Å². The summed E-state index contributed by atoms with van der Waals surface area (Å²) in [5.74, 6) is 2.89. The lowest BCUT2D eigenvalue weighted by Crippen LogP contribution is -2.48. The van der Waals surface area contributed by atoms with Crippen LogP contribution in [-0.2, 0) is 0 Å². The number of fused-ring (bicyclic) bond motifs is 1. The molecule has 2 aliphatic rings. The van der Waals surface area contributed by atoms with E-state index in [0.717, 1.165) is 23.2 Å². The van der Waals surface area contributed by atoms with Gasteiger partial charge in [0.15, 0.2) is 0 Å². The number of hydrogen-bond acceptors (Lipinski definition) is 0. The maximum Gasteiger partial charge on any atom is -0.0238 e. The zero-order valence-corrected chi connectivity index (χ0v) is 8.44. The van der Waals surface area contributed by atoms with Crippen molar-refractivity contribution in [2.75, 3.05) is 0 Å². The fourth-order valence-electron chi connectivity index (χ4n) is 3.61. The van der Waals surface area contributed by atoms with E-state index in [-0.39, 0.29) is 0 Å². The predicted molar refractivity (Wildman–Crippen MR) is 48.3 cm³/mol. The molecule has 2 rings (SSSR count). The van der Waals surface area contributed by atoms with Crippen molar-refractivity contribution in [1.82, 2.24) is 0 Å². The quantitative estimate of drug-likeness (QED) is 0.540. The maximum absolute atomic E-state index is 2.49. The molecule has 0 aromatic heterocycles. The van der Waals surface area contributed by atoms with Crippen LogP contribution in [0.4, 0.5) is 0 Å². The first-order valence-electron chi connectivity index (χ1n) is 4.94. The fraction of sp³-hybridized carbons (Fsp3) is 1.00. The van der Waals surface area contributed by atoms with Gasteiger partial charge in [-0.25, -0.2) is 0 Å². The molecule has 0 spiro atoms. The Morgan fingerprint density at radius 1 is 1.27 bits per heavy atom. The van der Waals surface area contributed by atoms with Gasteiger partial charge in [0.25, 0.3) is 0 Å². The summed E-state index contributed by atoms with van der Waals surface area (Å²) in [6, 6.07) is 0. The predicted octanol–water partition coefficient (Wildman–Crippen LogP) is 3.32. The molecule has 2 fully saturated rings. The van der Waals surface area contributed by atoms with Crippen LogP contribution in [0.25, 0.3) is 0 Å². The zero-order valence-electron chi connectivity index (χ0n) is 8.44. The van der Waals surface area contributed by atoms with E-state index in [1.165, 1.54) is 6.42 Å². The number of hydrogen-bond donors (Lipinski definition) is 0. The van der Waals surface area contributed by atoms with E-state index in [0.29, 0.717) is 5.41 Å². The molecule has 0 aromatic rings. The molecule has 11 heavy (non-hydrogen) atoms. The molecule has 0 bridgehead atoms. The smallest absolute Gasteiger partial charge is 0.0238 e. The average Bonchev–Trinajstić information content (AvgIpc) is 2.58. The normalized spacial score (nSPS) is 60.5. The molecule has 0 radical (unpaired) electrons.